The molecule has 0 bridgehead atoms. The highest BCUT2D eigenvalue weighted by Gasteiger charge is 2.16. The molecule has 0 aliphatic carbocycles. The van der Waals surface area contributed by atoms with Crippen LogP contribution in [0.4, 0.5) is 5.69 Å². The van der Waals surface area contributed by atoms with Crippen LogP contribution < -0.4 is 5.32 Å². The van der Waals surface area contributed by atoms with Crippen molar-refractivity contribution in [2.45, 2.75) is 32.4 Å². The lowest BCUT2D eigenvalue weighted by molar-refractivity contribution is 0.0786. The number of rotatable bonds is 5. The molecule has 2 N–H and O–H groups in total. The van der Waals surface area contributed by atoms with E-state index in [0.717, 1.165) is 38.2 Å². The Hall–Kier alpha value is -2.47. The van der Waals surface area contributed by atoms with Crippen molar-refractivity contribution in [3.63, 3.8) is 0 Å². The fourth-order valence-electron chi connectivity index (χ4n) is 3.29. The molecule has 1 atom stereocenters. The average Bonchev–Trinajstić information content (AvgIpc) is 3.24. The van der Waals surface area contributed by atoms with E-state index in [4.69, 9.17) is 11.6 Å². The summed E-state index contributed by atoms with van der Waals surface area (Å²) in [5.41, 5.74) is 5.74. The van der Waals surface area contributed by atoms with Gasteiger partial charge >= 0.3 is 0 Å². The third-order valence-corrected chi connectivity index (χ3v) is 6.23. The summed E-state index contributed by atoms with van der Waals surface area (Å²) >= 11 is 8.13. The molecule has 2 aromatic heterocycles. The van der Waals surface area contributed by atoms with Crippen molar-refractivity contribution in [2.24, 2.45) is 0 Å². The number of halogens is 1. The van der Waals surface area contributed by atoms with Crippen LogP contribution in [0.1, 0.15) is 37.3 Å². The Morgan fingerprint density at radius 1 is 1.07 bits per heavy atom. The Kier molecular flexibility index (Phi) is 5.30. The minimum absolute atomic E-state index is 0.0836. The Morgan fingerprint density at radius 3 is 2.45 bits per heavy atom. The number of hydrogen-bond donors (Lipinski definition) is 2. The predicted octanol–water partition coefficient (Wildman–Crippen LogP) is 6.41. The highest BCUT2D eigenvalue weighted by Crippen LogP contribution is 2.35. The minimum atomic E-state index is -0.858. The second-order valence-corrected chi connectivity index (χ2v) is 8.94. The first-order valence-electron chi connectivity index (χ1n) is 9.39. The maximum absolute atomic E-state index is 10.2. The zero-order chi connectivity index (χ0) is 20.6. The molecule has 0 saturated carbocycles. The molecule has 2 heterocycles. The van der Waals surface area contributed by atoms with Gasteiger partial charge in [0, 0.05) is 22.7 Å². The molecule has 29 heavy (non-hydrogen) atoms. The third kappa shape index (κ3) is 4.13. The van der Waals surface area contributed by atoms with Crippen LogP contribution in [-0.2, 0) is 5.60 Å². The topological polar surface area (TPSA) is 58.0 Å². The normalized spacial score (nSPS) is 12.9. The summed E-state index contributed by atoms with van der Waals surface area (Å²) in [5.74, 6) is 0. The number of aromatic nitrogens is 2. The van der Waals surface area contributed by atoms with Gasteiger partial charge in [-0.25, -0.2) is 0 Å². The van der Waals surface area contributed by atoms with Gasteiger partial charge < -0.3 is 10.4 Å². The van der Waals surface area contributed by atoms with Gasteiger partial charge in [0.1, 0.15) is 0 Å². The number of aliphatic hydroxyl groups is 1. The van der Waals surface area contributed by atoms with Crippen molar-refractivity contribution in [2.75, 3.05) is 5.32 Å². The largest absolute Gasteiger partial charge is 0.386 e. The molecule has 6 heteroatoms. The Bertz CT molecular complexity index is 1140. The van der Waals surface area contributed by atoms with E-state index in [9.17, 15) is 5.11 Å². The number of thiazole rings is 1. The van der Waals surface area contributed by atoms with Gasteiger partial charge in [-0.05, 0) is 49.6 Å². The highest BCUT2D eigenvalue weighted by atomic mass is 35.5. The number of nitrogens with zero attached hydrogens (tertiary/aromatic N) is 2. The van der Waals surface area contributed by atoms with E-state index < -0.39 is 5.60 Å². The van der Waals surface area contributed by atoms with Crippen molar-refractivity contribution < 1.29 is 5.11 Å². The lowest BCUT2D eigenvalue weighted by atomic mass is 9.95. The number of hydrogen-bond acceptors (Lipinski definition) is 5. The van der Waals surface area contributed by atoms with E-state index in [1.165, 1.54) is 0 Å². The first kappa shape index (κ1) is 19.8. The van der Waals surface area contributed by atoms with Crippen molar-refractivity contribution in [3.05, 3.63) is 75.8 Å². The zero-order valence-corrected chi connectivity index (χ0v) is 18.1. The second kappa shape index (κ2) is 7.75. The number of anilines is 1. The Balaban J connectivity index is 1.74. The molecule has 0 spiro atoms. The van der Waals surface area contributed by atoms with Crippen LogP contribution in [0.5, 0.6) is 0 Å². The van der Waals surface area contributed by atoms with Crippen LogP contribution in [0.15, 0.2) is 60.4 Å². The smallest absolute Gasteiger partial charge is 0.0840 e. The van der Waals surface area contributed by atoms with Gasteiger partial charge in [0.15, 0.2) is 0 Å². The molecule has 4 nitrogen and oxygen atoms in total. The summed E-state index contributed by atoms with van der Waals surface area (Å²) in [7, 11) is 0. The van der Waals surface area contributed by atoms with E-state index >= 15 is 0 Å². The number of benzene rings is 2. The molecular weight excluding hydrogens is 402 g/mol. The van der Waals surface area contributed by atoms with Gasteiger partial charge in [0.25, 0.3) is 0 Å². The van der Waals surface area contributed by atoms with Crippen LogP contribution in [0.3, 0.4) is 0 Å². The van der Waals surface area contributed by atoms with E-state index in [0.29, 0.717) is 5.02 Å². The van der Waals surface area contributed by atoms with Gasteiger partial charge in [-0.2, -0.15) is 0 Å². The monoisotopic (exact) mass is 423 g/mol. The van der Waals surface area contributed by atoms with Crippen LogP contribution >= 0.6 is 22.9 Å². The first-order chi connectivity index (χ1) is 13.8. The number of fused-ring (bicyclic) bond motifs is 1. The fourth-order valence-corrected chi connectivity index (χ4v) is 4.13. The summed E-state index contributed by atoms with van der Waals surface area (Å²) in [6, 6.07) is 14.2. The van der Waals surface area contributed by atoms with Gasteiger partial charge in [-0.3, -0.25) is 9.97 Å². The molecule has 0 aliphatic rings. The Labute approximate surface area is 179 Å². The standard InChI is InChI=1S/C23H22ClN3OS/c1-14(21-12-25-13-29-21)27-22-18-10-16(6-9-20(18)26-11-19(22)24)15-4-7-17(8-5-15)23(2,3)28/h4-14,28H,1-3H3,(H,26,27). The number of pyridine rings is 1. The van der Waals surface area contributed by atoms with E-state index in [1.807, 2.05) is 42.0 Å². The molecule has 4 aromatic rings. The number of nitrogens with one attached hydrogen (secondary N) is 1. The minimum Gasteiger partial charge on any atom is -0.386 e. The van der Waals surface area contributed by atoms with Crippen molar-refractivity contribution >= 4 is 39.5 Å². The first-order valence-corrected chi connectivity index (χ1v) is 10.6. The van der Waals surface area contributed by atoms with Crippen LogP contribution in [0.2, 0.25) is 5.02 Å². The molecule has 4 rings (SSSR count). The molecule has 0 aliphatic heterocycles. The van der Waals surface area contributed by atoms with E-state index in [2.05, 4.69) is 34.3 Å². The maximum Gasteiger partial charge on any atom is 0.0840 e. The molecule has 148 valence electrons. The Morgan fingerprint density at radius 2 is 1.79 bits per heavy atom. The summed E-state index contributed by atoms with van der Waals surface area (Å²) in [5, 5.41) is 15.3. The summed E-state index contributed by atoms with van der Waals surface area (Å²) < 4.78 is 0. The molecule has 0 saturated heterocycles. The van der Waals surface area contributed by atoms with Crippen molar-refractivity contribution in [1.82, 2.24) is 9.97 Å². The van der Waals surface area contributed by atoms with Gasteiger partial charge in [-0.1, -0.05) is 41.9 Å². The van der Waals surface area contributed by atoms with Crippen LogP contribution in [0.25, 0.3) is 22.0 Å². The predicted molar refractivity (Wildman–Crippen MR) is 122 cm³/mol. The van der Waals surface area contributed by atoms with Crippen molar-refractivity contribution in [1.29, 1.82) is 0 Å². The molecule has 0 amide bonds. The summed E-state index contributed by atoms with van der Waals surface area (Å²) in [6.07, 6.45) is 3.55. The summed E-state index contributed by atoms with van der Waals surface area (Å²) in [4.78, 5) is 9.78. The molecule has 0 fully saturated rings. The van der Waals surface area contributed by atoms with Gasteiger partial charge in [-0.15, -0.1) is 11.3 Å². The molecular formula is C23H22ClN3OS. The quantitative estimate of drug-likeness (QED) is 0.389. The summed E-state index contributed by atoms with van der Waals surface area (Å²) in [6.45, 7) is 5.66. The average molecular weight is 424 g/mol. The van der Waals surface area contributed by atoms with E-state index in [1.54, 1.807) is 31.4 Å². The molecule has 2 aromatic carbocycles. The van der Waals surface area contributed by atoms with Gasteiger partial charge in [0.2, 0.25) is 0 Å². The second-order valence-electron chi connectivity index (χ2n) is 7.62. The van der Waals surface area contributed by atoms with Gasteiger partial charge in [0.05, 0.1) is 33.4 Å². The molecule has 1 unspecified atom stereocenters. The fraction of sp³-hybridized carbons (Fsp3) is 0.217. The van der Waals surface area contributed by atoms with E-state index in [-0.39, 0.29) is 6.04 Å². The maximum atomic E-state index is 10.2. The third-order valence-electron chi connectivity index (χ3n) is 4.99. The SMILES string of the molecule is CC(Nc1c(Cl)cnc2ccc(-c3ccc(C(C)(C)O)cc3)cc12)c1cncs1. The lowest BCUT2D eigenvalue weighted by Gasteiger charge is -2.18. The molecule has 0 radical (unpaired) electrons. The van der Waals surface area contributed by atoms with Crippen LogP contribution in [-0.4, -0.2) is 15.1 Å². The van der Waals surface area contributed by atoms with Crippen molar-refractivity contribution in [3.8, 4) is 11.1 Å². The zero-order valence-electron chi connectivity index (χ0n) is 16.5. The highest BCUT2D eigenvalue weighted by molar-refractivity contribution is 7.09. The van der Waals surface area contributed by atoms with Crippen LogP contribution in [0, 0.1) is 0 Å². The lowest BCUT2D eigenvalue weighted by Crippen LogP contribution is -2.14.